The Kier molecular flexibility index (Phi) is 5.73. The van der Waals surface area contributed by atoms with Crippen LogP contribution >= 0.6 is 11.8 Å². The van der Waals surface area contributed by atoms with Gasteiger partial charge in [-0.25, -0.2) is 9.48 Å². The molecule has 0 unspecified atom stereocenters. The third kappa shape index (κ3) is 3.80. The molecule has 0 aliphatic heterocycles. The summed E-state index contributed by atoms with van der Waals surface area (Å²) in [5.41, 5.74) is 0.892. The van der Waals surface area contributed by atoms with Gasteiger partial charge in [-0.1, -0.05) is 37.3 Å². The van der Waals surface area contributed by atoms with Crippen molar-refractivity contribution in [3.63, 3.8) is 0 Å². The summed E-state index contributed by atoms with van der Waals surface area (Å²) in [6.45, 7) is 2.58. The van der Waals surface area contributed by atoms with Crippen LogP contribution in [-0.4, -0.2) is 22.0 Å². The number of carbonyl (C=O) groups is 1. The van der Waals surface area contributed by atoms with E-state index < -0.39 is 5.97 Å². The predicted octanol–water partition coefficient (Wildman–Crippen LogP) is 3.89. The molecule has 0 aliphatic rings. The fourth-order valence-corrected chi connectivity index (χ4v) is 3.10. The van der Waals surface area contributed by atoms with Crippen molar-refractivity contribution in [1.29, 1.82) is 0 Å². The minimum absolute atomic E-state index is 0.163. The fraction of sp³-hybridized carbons (Fsp3) is 0.250. The standard InChI is InChI=1S/C20H20N2O3S/c1-3-12-22-19(23)17-7-5-4-6-16(17)18(21-22)20(24)25-13-14-8-10-15(26-2)11-9-14/h4-11H,3,12-13H2,1-2H3. The summed E-state index contributed by atoms with van der Waals surface area (Å²) in [6, 6.07) is 14.8. The maximum absolute atomic E-state index is 12.6. The molecular weight excluding hydrogens is 348 g/mol. The van der Waals surface area contributed by atoms with Crippen LogP contribution in [0.5, 0.6) is 0 Å². The van der Waals surface area contributed by atoms with E-state index in [2.05, 4.69) is 5.10 Å². The van der Waals surface area contributed by atoms with Crippen LogP contribution in [0, 0.1) is 0 Å². The minimum Gasteiger partial charge on any atom is -0.456 e. The number of esters is 1. The number of hydrogen-bond donors (Lipinski definition) is 0. The number of carbonyl (C=O) groups excluding carboxylic acids is 1. The third-order valence-electron chi connectivity index (χ3n) is 4.03. The van der Waals surface area contributed by atoms with E-state index >= 15 is 0 Å². The highest BCUT2D eigenvalue weighted by Crippen LogP contribution is 2.17. The molecule has 0 saturated heterocycles. The van der Waals surface area contributed by atoms with Crippen molar-refractivity contribution >= 4 is 28.5 Å². The topological polar surface area (TPSA) is 61.2 Å². The highest BCUT2D eigenvalue weighted by atomic mass is 32.2. The first-order valence-electron chi connectivity index (χ1n) is 8.44. The second-order valence-corrected chi connectivity index (χ2v) is 6.73. The molecule has 1 heterocycles. The first-order valence-corrected chi connectivity index (χ1v) is 9.66. The molecule has 2 aromatic carbocycles. The number of benzene rings is 2. The fourth-order valence-electron chi connectivity index (χ4n) is 2.69. The van der Waals surface area contributed by atoms with Crippen LogP contribution in [0.15, 0.2) is 58.2 Å². The summed E-state index contributed by atoms with van der Waals surface area (Å²) in [4.78, 5) is 26.3. The summed E-state index contributed by atoms with van der Waals surface area (Å²) < 4.78 is 6.78. The van der Waals surface area contributed by atoms with Gasteiger partial charge in [-0.15, -0.1) is 11.8 Å². The lowest BCUT2D eigenvalue weighted by molar-refractivity contribution is 0.0465. The van der Waals surface area contributed by atoms with Gasteiger partial charge in [-0.05, 0) is 36.4 Å². The molecule has 1 aromatic heterocycles. The molecular formula is C20H20N2O3S. The number of fused-ring (bicyclic) bond motifs is 1. The number of hydrogen-bond acceptors (Lipinski definition) is 5. The summed E-state index contributed by atoms with van der Waals surface area (Å²) in [7, 11) is 0. The lowest BCUT2D eigenvalue weighted by Gasteiger charge is -2.10. The largest absolute Gasteiger partial charge is 0.456 e. The highest BCUT2D eigenvalue weighted by molar-refractivity contribution is 7.98. The lowest BCUT2D eigenvalue weighted by atomic mass is 10.1. The number of aromatic nitrogens is 2. The van der Waals surface area contributed by atoms with Gasteiger partial charge in [-0.2, -0.15) is 5.10 Å². The molecule has 0 aliphatic carbocycles. The molecule has 0 radical (unpaired) electrons. The van der Waals surface area contributed by atoms with Crippen LogP contribution in [0.3, 0.4) is 0 Å². The molecule has 6 heteroatoms. The van der Waals surface area contributed by atoms with E-state index in [0.717, 1.165) is 16.9 Å². The second-order valence-electron chi connectivity index (χ2n) is 5.85. The Bertz CT molecular complexity index is 981. The molecule has 26 heavy (non-hydrogen) atoms. The SMILES string of the molecule is CCCn1nc(C(=O)OCc2ccc(SC)cc2)c2ccccc2c1=O. The van der Waals surface area contributed by atoms with E-state index in [0.29, 0.717) is 17.3 Å². The van der Waals surface area contributed by atoms with Crippen molar-refractivity contribution in [2.45, 2.75) is 31.4 Å². The third-order valence-corrected chi connectivity index (χ3v) is 4.77. The van der Waals surface area contributed by atoms with Crippen LogP contribution in [0.25, 0.3) is 10.8 Å². The summed E-state index contributed by atoms with van der Waals surface area (Å²) in [6.07, 6.45) is 2.76. The van der Waals surface area contributed by atoms with Gasteiger partial charge in [0, 0.05) is 16.8 Å². The zero-order valence-electron chi connectivity index (χ0n) is 14.8. The summed E-state index contributed by atoms with van der Waals surface area (Å²) in [5.74, 6) is -0.528. The zero-order valence-corrected chi connectivity index (χ0v) is 15.6. The van der Waals surface area contributed by atoms with Crippen molar-refractivity contribution in [3.8, 4) is 0 Å². The van der Waals surface area contributed by atoms with Crippen molar-refractivity contribution in [2.75, 3.05) is 6.26 Å². The lowest BCUT2D eigenvalue weighted by Crippen LogP contribution is -2.26. The van der Waals surface area contributed by atoms with E-state index in [4.69, 9.17) is 4.74 Å². The molecule has 3 rings (SSSR count). The molecule has 5 nitrogen and oxygen atoms in total. The van der Waals surface area contributed by atoms with Gasteiger partial charge in [-0.3, -0.25) is 4.79 Å². The van der Waals surface area contributed by atoms with E-state index in [-0.39, 0.29) is 17.9 Å². The number of rotatable bonds is 6. The number of thioether (sulfide) groups is 1. The van der Waals surface area contributed by atoms with Crippen LogP contribution in [-0.2, 0) is 17.9 Å². The maximum Gasteiger partial charge on any atom is 0.359 e. The second kappa shape index (κ2) is 8.19. The van der Waals surface area contributed by atoms with E-state index in [1.165, 1.54) is 4.68 Å². The zero-order chi connectivity index (χ0) is 18.5. The Balaban J connectivity index is 1.89. The van der Waals surface area contributed by atoms with E-state index in [1.807, 2.05) is 37.4 Å². The van der Waals surface area contributed by atoms with Gasteiger partial charge in [0.05, 0.1) is 5.39 Å². The number of ether oxygens (including phenoxy) is 1. The Morgan fingerprint density at radius 1 is 1.12 bits per heavy atom. The predicted molar refractivity (Wildman–Crippen MR) is 104 cm³/mol. The van der Waals surface area contributed by atoms with Crippen LogP contribution in [0.1, 0.15) is 29.4 Å². The summed E-state index contributed by atoms with van der Waals surface area (Å²) >= 11 is 1.66. The quantitative estimate of drug-likeness (QED) is 0.488. The smallest absolute Gasteiger partial charge is 0.359 e. The Hall–Kier alpha value is -2.60. The Labute approximate surface area is 156 Å². The molecule has 0 saturated carbocycles. The van der Waals surface area contributed by atoms with Crippen molar-refractivity contribution in [3.05, 3.63) is 70.1 Å². The van der Waals surface area contributed by atoms with Gasteiger partial charge in [0.15, 0.2) is 5.69 Å². The highest BCUT2D eigenvalue weighted by Gasteiger charge is 2.17. The normalized spacial score (nSPS) is 10.8. The van der Waals surface area contributed by atoms with Crippen LogP contribution in [0.2, 0.25) is 0 Å². The monoisotopic (exact) mass is 368 g/mol. The molecule has 0 bridgehead atoms. The first kappa shape index (κ1) is 18.2. The molecule has 0 atom stereocenters. The van der Waals surface area contributed by atoms with Gasteiger partial charge >= 0.3 is 5.97 Å². The molecule has 0 fully saturated rings. The van der Waals surface area contributed by atoms with Crippen molar-refractivity contribution in [2.24, 2.45) is 0 Å². The van der Waals surface area contributed by atoms with Gasteiger partial charge in [0.2, 0.25) is 0 Å². The molecule has 0 spiro atoms. The van der Waals surface area contributed by atoms with Crippen molar-refractivity contribution in [1.82, 2.24) is 9.78 Å². The van der Waals surface area contributed by atoms with E-state index in [1.54, 1.807) is 36.0 Å². The van der Waals surface area contributed by atoms with Gasteiger partial charge in [0.25, 0.3) is 5.56 Å². The van der Waals surface area contributed by atoms with Crippen molar-refractivity contribution < 1.29 is 9.53 Å². The first-order chi connectivity index (χ1) is 12.6. The van der Waals surface area contributed by atoms with Crippen LogP contribution in [0.4, 0.5) is 0 Å². The Morgan fingerprint density at radius 3 is 2.46 bits per heavy atom. The minimum atomic E-state index is -0.528. The maximum atomic E-state index is 12.6. The van der Waals surface area contributed by atoms with Gasteiger partial charge in [0.1, 0.15) is 6.61 Å². The van der Waals surface area contributed by atoms with E-state index in [9.17, 15) is 9.59 Å². The average Bonchev–Trinajstić information content (AvgIpc) is 2.69. The van der Waals surface area contributed by atoms with Gasteiger partial charge < -0.3 is 4.74 Å². The number of nitrogens with zero attached hydrogens (tertiary/aromatic N) is 2. The molecule has 0 amide bonds. The molecule has 134 valence electrons. The summed E-state index contributed by atoms with van der Waals surface area (Å²) in [5, 5.41) is 5.26. The van der Waals surface area contributed by atoms with Crippen LogP contribution < -0.4 is 5.56 Å². The average molecular weight is 368 g/mol. The molecule has 3 aromatic rings. The Morgan fingerprint density at radius 2 is 1.81 bits per heavy atom. The molecule has 0 N–H and O–H groups in total. The number of aryl methyl sites for hydroxylation is 1.